The van der Waals surface area contributed by atoms with Crippen molar-refractivity contribution in [3.05, 3.63) is 35.4 Å². The lowest BCUT2D eigenvalue weighted by molar-refractivity contribution is -0.150. The van der Waals surface area contributed by atoms with E-state index >= 15 is 0 Å². The summed E-state index contributed by atoms with van der Waals surface area (Å²) in [6.07, 6.45) is 0.933. The highest BCUT2D eigenvalue weighted by atomic mass is 16.5. The van der Waals surface area contributed by atoms with Gasteiger partial charge in [-0.2, -0.15) is 0 Å². The molecule has 2 aliphatic rings. The van der Waals surface area contributed by atoms with Crippen LogP contribution in [0.25, 0.3) is 0 Å². The first-order chi connectivity index (χ1) is 15.1. The molecule has 32 heavy (non-hydrogen) atoms. The lowest BCUT2D eigenvalue weighted by atomic mass is 9.91. The molecular formula is C24H35N3O5. The number of hydrogen-bond acceptors (Lipinski definition) is 5. The summed E-state index contributed by atoms with van der Waals surface area (Å²) in [5.41, 5.74) is 0.197. The van der Waals surface area contributed by atoms with Crippen molar-refractivity contribution in [2.24, 2.45) is 5.41 Å². The highest BCUT2D eigenvalue weighted by Crippen LogP contribution is 2.39. The Morgan fingerprint density at radius 2 is 1.78 bits per heavy atom. The minimum atomic E-state index is -0.903. The van der Waals surface area contributed by atoms with Crippen LogP contribution in [0.2, 0.25) is 0 Å². The van der Waals surface area contributed by atoms with Gasteiger partial charge in [-0.1, -0.05) is 38.5 Å². The molecular weight excluding hydrogens is 410 g/mol. The van der Waals surface area contributed by atoms with E-state index in [2.05, 4.69) is 5.32 Å². The van der Waals surface area contributed by atoms with Crippen molar-refractivity contribution in [1.29, 1.82) is 0 Å². The molecule has 0 aromatic heterocycles. The summed E-state index contributed by atoms with van der Waals surface area (Å²) in [7, 11) is 1.57. The number of amides is 3. The molecule has 1 spiro atoms. The minimum Gasteiger partial charge on any atom is -0.383 e. The Morgan fingerprint density at radius 3 is 2.34 bits per heavy atom. The van der Waals surface area contributed by atoms with Gasteiger partial charge in [0, 0.05) is 50.6 Å². The number of aryl methyl sites for hydroxylation is 1. The van der Waals surface area contributed by atoms with E-state index in [1.807, 2.05) is 44.7 Å². The third kappa shape index (κ3) is 4.96. The van der Waals surface area contributed by atoms with Gasteiger partial charge in [-0.15, -0.1) is 0 Å². The molecule has 2 fully saturated rings. The lowest BCUT2D eigenvalue weighted by Crippen LogP contribution is -2.60. The van der Waals surface area contributed by atoms with E-state index < -0.39 is 17.2 Å². The van der Waals surface area contributed by atoms with Crippen LogP contribution in [0.15, 0.2) is 24.3 Å². The summed E-state index contributed by atoms with van der Waals surface area (Å²) >= 11 is 0. The van der Waals surface area contributed by atoms with Gasteiger partial charge in [0.25, 0.3) is 5.91 Å². The van der Waals surface area contributed by atoms with Crippen LogP contribution in [0.5, 0.6) is 0 Å². The highest BCUT2D eigenvalue weighted by Gasteiger charge is 2.54. The molecule has 3 amide bonds. The zero-order valence-corrected chi connectivity index (χ0v) is 19.8. The van der Waals surface area contributed by atoms with Crippen LogP contribution in [0.4, 0.5) is 0 Å². The quantitative estimate of drug-likeness (QED) is 0.700. The van der Waals surface area contributed by atoms with E-state index in [1.54, 1.807) is 24.1 Å². The number of benzene rings is 1. The molecule has 0 aliphatic carbocycles. The zero-order valence-electron chi connectivity index (χ0n) is 19.8. The number of nitrogens with zero attached hydrogens (tertiary/aromatic N) is 2. The van der Waals surface area contributed by atoms with Crippen LogP contribution < -0.4 is 5.32 Å². The van der Waals surface area contributed by atoms with E-state index in [1.165, 1.54) is 0 Å². The van der Waals surface area contributed by atoms with Crippen LogP contribution in [-0.4, -0.2) is 79.2 Å². The average Bonchev–Trinajstić information content (AvgIpc) is 3.12. The Balaban J connectivity index is 1.84. The molecule has 2 saturated heterocycles. The number of rotatable bonds is 5. The van der Waals surface area contributed by atoms with Gasteiger partial charge in [-0.05, 0) is 19.1 Å². The third-order valence-electron chi connectivity index (χ3n) is 6.16. The van der Waals surface area contributed by atoms with Crippen LogP contribution >= 0.6 is 0 Å². The number of carbonyl (C=O) groups excluding carboxylic acids is 3. The van der Waals surface area contributed by atoms with Crippen LogP contribution in [0.1, 0.15) is 49.5 Å². The first-order valence-electron chi connectivity index (χ1n) is 11.2. The second-order valence-electron chi connectivity index (χ2n) is 9.64. The van der Waals surface area contributed by atoms with Crippen molar-refractivity contribution in [1.82, 2.24) is 15.1 Å². The van der Waals surface area contributed by atoms with E-state index in [9.17, 15) is 14.4 Å². The summed E-state index contributed by atoms with van der Waals surface area (Å²) in [5, 5.41) is 2.84. The number of ether oxygens (including phenoxy) is 2. The van der Waals surface area contributed by atoms with Gasteiger partial charge < -0.3 is 19.7 Å². The van der Waals surface area contributed by atoms with Crippen LogP contribution in [0, 0.1) is 12.3 Å². The molecule has 2 heterocycles. The highest BCUT2D eigenvalue weighted by molar-refractivity contribution is 5.98. The maximum atomic E-state index is 13.6. The molecule has 2 aliphatic heterocycles. The van der Waals surface area contributed by atoms with E-state index in [0.29, 0.717) is 44.6 Å². The standard InChI is InChI=1S/C24H35N3O5/c1-17-6-8-18(9-7-17)21(29)27-19(20(28)25-12-15-31-5)16-32-24(27)10-13-26(14-11-24)22(30)23(2,3)4/h6-9,19H,10-16H2,1-5H3,(H,25,28). The molecule has 8 heteroatoms. The van der Waals surface area contributed by atoms with Gasteiger partial charge >= 0.3 is 0 Å². The van der Waals surface area contributed by atoms with Gasteiger partial charge in [0.2, 0.25) is 11.8 Å². The summed E-state index contributed by atoms with van der Waals surface area (Å²) in [6, 6.07) is 6.60. The molecule has 0 radical (unpaired) electrons. The number of piperidine rings is 1. The molecule has 1 aromatic carbocycles. The molecule has 0 saturated carbocycles. The van der Waals surface area contributed by atoms with E-state index in [-0.39, 0.29) is 24.3 Å². The second-order valence-corrected chi connectivity index (χ2v) is 9.64. The number of likely N-dealkylation sites (tertiary alicyclic amines) is 1. The van der Waals surface area contributed by atoms with Crippen molar-refractivity contribution < 1.29 is 23.9 Å². The average molecular weight is 446 g/mol. The van der Waals surface area contributed by atoms with Crippen LogP contribution in [-0.2, 0) is 19.1 Å². The molecule has 0 bridgehead atoms. The van der Waals surface area contributed by atoms with Gasteiger partial charge in [-0.3, -0.25) is 19.3 Å². The molecule has 8 nitrogen and oxygen atoms in total. The Kier molecular flexibility index (Phi) is 7.25. The SMILES string of the molecule is COCCNC(=O)C1COC2(CCN(C(=O)C(C)(C)C)CC2)N1C(=O)c1ccc(C)cc1. The van der Waals surface area contributed by atoms with Crippen molar-refractivity contribution in [3.8, 4) is 0 Å². The summed E-state index contributed by atoms with van der Waals surface area (Å²) in [5.74, 6) is -0.409. The van der Waals surface area contributed by atoms with Gasteiger partial charge in [0.05, 0.1) is 13.2 Å². The predicted molar refractivity (Wildman–Crippen MR) is 120 cm³/mol. The minimum absolute atomic E-state index is 0.0793. The van der Waals surface area contributed by atoms with Crippen LogP contribution in [0.3, 0.4) is 0 Å². The molecule has 176 valence electrons. The van der Waals surface area contributed by atoms with Crippen molar-refractivity contribution in [3.63, 3.8) is 0 Å². The molecule has 1 atom stereocenters. The van der Waals surface area contributed by atoms with Crippen molar-refractivity contribution in [2.45, 2.75) is 52.3 Å². The maximum Gasteiger partial charge on any atom is 0.256 e. The first kappa shape index (κ1) is 24.2. The molecule has 3 rings (SSSR count). The van der Waals surface area contributed by atoms with Crippen molar-refractivity contribution >= 4 is 17.7 Å². The van der Waals surface area contributed by atoms with E-state index in [4.69, 9.17) is 9.47 Å². The molecule has 1 aromatic rings. The number of hydrogen-bond donors (Lipinski definition) is 1. The lowest BCUT2D eigenvalue weighted by Gasteiger charge is -2.45. The Hall–Kier alpha value is -2.45. The van der Waals surface area contributed by atoms with E-state index in [0.717, 1.165) is 5.56 Å². The fraction of sp³-hybridized carbons (Fsp3) is 0.625. The number of methoxy groups -OCH3 is 1. The Bertz CT molecular complexity index is 838. The first-order valence-corrected chi connectivity index (χ1v) is 11.2. The third-order valence-corrected chi connectivity index (χ3v) is 6.16. The molecule has 1 unspecified atom stereocenters. The number of nitrogens with one attached hydrogen (secondary N) is 1. The normalized spacial score (nSPS) is 20.5. The zero-order chi connectivity index (χ0) is 23.5. The van der Waals surface area contributed by atoms with Gasteiger partial charge in [0.15, 0.2) is 0 Å². The molecule has 1 N–H and O–H groups in total. The Morgan fingerprint density at radius 1 is 1.16 bits per heavy atom. The fourth-order valence-electron chi connectivity index (χ4n) is 4.33. The van der Waals surface area contributed by atoms with Gasteiger partial charge in [0.1, 0.15) is 11.8 Å². The summed E-state index contributed by atoms with van der Waals surface area (Å²) in [4.78, 5) is 42.7. The fourth-order valence-corrected chi connectivity index (χ4v) is 4.33. The summed E-state index contributed by atoms with van der Waals surface area (Å²) in [6.45, 7) is 9.50. The second kappa shape index (κ2) is 9.58. The largest absolute Gasteiger partial charge is 0.383 e. The Labute approximate surface area is 190 Å². The van der Waals surface area contributed by atoms with Crippen molar-refractivity contribution in [2.75, 3.05) is 40.0 Å². The van der Waals surface area contributed by atoms with Gasteiger partial charge in [-0.25, -0.2) is 0 Å². The topological polar surface area (TPSA) is 88.2 Å². The summed E-state index contributed by atoms with van der Waals surface area (Å²) < 4.78 is 11.2. The maximum absolute atomic E-state index is 13.6. The number of carbonyl (C=O) groups is 3. The predicted octanol–water partition coefficient (Wildman–Crippen LogP) is 1.96. The monoisotopic (exact) mass is 445 g/mol. The smallest absolute Gasteiger partial charge is 0.256 e.